The Morgan fingerprint density at radius 2 is 2.24 bits per heavy atom. The molecule has 2 aliphatic heterocycles. The summed E-state index contributed by atoms with van der Waals surface area (Å²) in [6.45, 7) is 4.43. The van der Waals surface area contributed by atoms with E-state index in [1.807, 2.05) is 13.1 Å². The number of hydrogen-bond donors (Lipinski definition) is 1. The summed E-state index contributed by atoms with van der Waals surface area (Å²) in [6, 6.07) is 2.11. The molecule has 17 heavy (non-hydrogen) atoms. The van der Waals surface area contributed by atoms with Crippen molar-refractivity contribution in [2.45, 2.75) is 30.3 Å². The minimum atomic E-state index is -0.140. The van der Waals surface area contributed by atoms with Crippen molar-refractivity contribution in [1.29, 1.82) is 0 Å². The standard InChI is InChI=1S/C12H16N2O2S/c1-9-6-10-11(13-7-9)16-12(8-14-17-10)2-4-15-5-3-12/h6-7,14H,2-5,8H2,1H3. The predicted molar refractivity (Wildman–Crippen MR) is 66.2 cm³/mol. The van der Waals surface area contributed by atoms with Gasteiger partial charge in [-0.1, -0.05) is 0 Å². The predicted octanol–water partition coefficient (Wildman–Crippen LogP) is 1.93. The number of nitrogens with zero attached hydrogens (tertiary/aromatic N) is 1. The van der Waals surface area contributed by atoms with Gasteiger partial charge in [0, 0.05) is 25.6 Å². The molecule has 0 unspecified atom stereocenters. The molecule has 5 heteroatoms. The third-order valence-corrected chi connectivity index (χ3v) is 4.05. The fraction of sp³-hybridized carbons (Fsp3) is 0.583. The highest BCUT2D eigenvalue weighted by molar-refractivity contribution is 7.97. The maximum atomic E-state index is 6.17. The minimum Gasteiger partial charge on any atom is -0.469 e. The van der Waals surface area contributed by atoms with Gasteiger partial charge in [-0.25, -0.2) is 4.98 Å². The van der Waals surface area contributed by atoms with E-state index in [1.165, 1.54) is 0 Å². The molecular weight excluding hydrogens is 236 g/mol. The van der Waals surface area contributed by atoms with Crippen molar-refractivity contribution >= 4 is 11.9 Å². The summed E-state index contributed by atoms with van der Waals surface area (Å²) in [5.41, 5.74) is 1.02. The molecular formula is C12H16N2O2S. The Labute approximate surface area is 105 Å². The first-order valence-corrected chi connectivity index (χ1v) is 6.72. The molecule has 1 spiro atoms. The Bertz CT molecular complexity index is 419. The molecule has 0 aromatic carbocycles. The van der Waals surface area contributed by atoms with Crippen molar-refractivity contribution in [2.24, 2.45) is 0 Å². The molecule has 0 atom stereocenters. The highest BCUT2D eigenvalue weighted by Crippen LogP contribution is 2.35. The van der Waals surface area contributed by atoms with Crippen LogP contribution in [0.1, 0.15) is 18.4 Å². The molecule has 0 aliphatic carbocycles. The maximum Gasteiger partial charge on any atom is 0.229 e. The van der Waals surface area contributed by atoms with Crippen LogP contribution in [-0.2, 0) is 4.74 Å². The van der Waals surface area contributed by atoms with Crippen molar-refractivity contribution in [3.05, 3.63) is 17.8 Å². The van der Waals surface area contributed by atoms with E-state index in [4.69, 9.17) is 9.47 Å². The Balaban J connectivity index is 1.90. The summed E-state index contributed by atoms with van der Waals surface area (Å²) < 4.78 is 15.0. The van der Waals surface area contributed by atoms with Crippen LogP contribution in [0.2, 0.25) is 0 Å². The topological polar surface area (TPSA) is 43.4 Å². The molecule has 4 nitrogen and oxygen atoms in total. The SMILES string of the molecule is Cc1cnc2c(c1)SNCC1(CCOCC1)O2. The van der Waals surface area contributed by atoms with Crippen LogP contribution in [0.4, 0.5) is 0 Å². The first kappa shape index (κ1) is 11.3. The Hall–Kier alpha value is -0.780. The van der Waals surface area contributed by atoms with E-state index in [-0.39, 0.29) is 5.60 Å². The molecule has 3 rings (SSSR count). The summed E-state index contributed by atoms with van der Waals surface area (Å²) in [5.74, 6) is 0.757. The fourth-order valence-corrected chi connectivity index (χ4v) is 3.11. The van der Waals surface area contributed by atoms with E-state index in [0.717, 1.165) is 48.9 Å². The molecule has 1 aromatic heterocycles. The van der Waals surface area contributed by atoms with Gasteiger partial charge in [0.05, 0.1) is 18.1 Å². The summed E-state index contributed by atoms with van der Waals surface area (Å²) in [7, 11) is 0. The molecule has 2 aliphatic rings. The number of aryl methyl sites for hydroxylation is 1. The van der Waals surface area contributed by atoms with Crippen molar-refractivity contribution < 1.29 is 9.47 Å². The van der Waals surface area contributed by atoms with E-state index in [1.54, 1.807) is 11.9 Å². The largest absolute Gasteiger partial charge is 0.469 e. The van der Waals surface area contributed by atoms with Gasteiger partial charge in [-0.2, -0.15) is 0 Å². The molecule has 1 fully saturated rings. The number of rotatable bonds is 0. The summed E-state index contributed by atoms with van der Waals surface area (Å²) in [4.78, 5) is 5.48. The second-order valence-electron chi connectivity index (χ2n) is 4.64. The molecule has 1 aromatic rings. The monoisotopic (exact) mass is 252 g/mol. The number of ether oxygens (including phenoxy) is 2. The van der Waals surface area contributed by atoms with Gasteiger partial charge in [0.2, 0.25) is 5.88 Å². The Morgan fingerprint density at radius 1 is 1.41 bits per heavy atom. The lowest BCUT2D eigenvalue weighted by atomic mass is 9.94. The maximum absolute atomic E-state index is 6.17. The van der Waals surface area contributed by atoms with E-state index in [9.17, 15) is 0 Å². The van der Waals surface area contributed by atoms with E-state index in [2.05, 4.69) is 15.8 Å². The highest BCUT2D eigenvalue weighted by Gasteiger charge is 2.37. The van der Waals surface area contributed by atoms with Gasteiger partial charge in [-0.3, -0.25) is 4.72 Å². The molecule has 0 radical (unpaired) electrons. The molecule has 1 saturated heterocycles. The Kier molecular flexibility index (Phi) is 2.98. The molecule has 0 saturated carbocycles. The first-order chi connectivity index (χ1) is 8.27. The van der Waals surface area contributed by atoms with E-state index >= 15 is 0 Å². The van der Waals surface area contributed by atoms with Gasteiger partial charge in [0.1, 0.15) is 5.60 Å². The molecule has 0 bridgehead atoms. The fourth-order valence-electron chi connectivity index (χ4n) is 2.19. The number of pyridine rings is 1. The molecule has 0 amide bonds. The van der Waals surface area contributed by atoms with Crippen LogP contribution in [-0.4, -0.2) is 30.3 Å². The second kappa shape index (κ2) is 4.48. The number of hydrogen-bond acceptors (Lipinski definition) is 5. The van der Waals surface area contributed by atoms with E-state index in [0.29, 0.717) is 0 Å². The van der Waals surface area contributed by atoms with Crippen LogP contribution >= 0.6 is 11.9 Å². The van der Waals surface area contributed by atoms with E-state index < -0.39 is 0 Å². The number of fused-ring (bicyclic) bond motifs is 1. The van der Waals surface area contributed by atoms with Gasteiger partial charge in [0.15, 0.2) is 0 Å². The molecule has 3 heterocycles. The summed E-state index contributed by atoms with van der Waals surface area (Å²) >= 11 is 1.61. The Morgan fingerprint density at radius 3 is 3.06 bits per heavy atom. The normalized spacial score (nSPS) is 22.6. The average molecular weight is 252 g/mol. The lowest BCUT2D eigenvalue weighted by Gasteiger charge is -2.35. The number of nitrogens with one attached hydrogen (secondary N) is 1. The van der Waals surface area contributed by atoms with Crippen molar-refractivity contribution in [3.63, 3.8) is 0 Å². The van der Waals surface area contributed by atoms with Gasteiger partial charge < -0.3 is 9.47 Å². The lowest BCUT2D eigenvalue weighted by Crippen LogP contribution is -2.47. The summed E-state index contributed by atoms with van der Waals surface area (Å²) in [5, 5.41) is 0. The van der Waals surface area contributed by atoms with Gasteiger partial charge >= 0.3 is 0 Å². The third kappa shape index (κ3) is 2.27. The zero-order valence-corrected chi connectivity index (χ0v) is 10.7. The van der Waals surface area contributed by atoms with Gasteiger partial charge in [-0.05, 0) is 30.5 Å². The van der Waals surface area contributed by atoms with Crippen LogP contribution in [0.25, 0.3) is 0 Å². The molecule has 92 valence electrons. The van der Waals surface area contributed by atoms with Crippen LogP contribution in [0.5, 0.6) is 5.88 Å². The van der Waals surface area contributed by atoms with Crippen molar-refractivity contribution in [3.8, 4) is 5.88 Å². The summed E-state index contributed by atoms with van der Waals surface area (Å²) in [6.07, 6.45) is 3.71. The van der Waals surface area contributed by atoms with Gasteiger partial charge in [-0.15, -0.1) is 0 Å². The molecule has 1 N–H and O–H groups in total. The minimum absolute atomic E-state index is 0.140. The van der Waals surface area contributed by atoms with Gasteiger partial charge in [0.25, 0.3) is 0 Å². The third-order valence-electron chi connectivity index (χ3n) is 3.25. The quantitative estimate of drug-likeness (QED) is 0.715. The smallest absolute Gasteiger partial charge is 0.229 e. The van der Waals surface area contributed by atoms with Crippen LogP contribution < -0.4 is 9.46 Å². The first-order valence-electron chi connectivity index (χ1n) is 5.91. The van der Waals surface area contributed by atoms with Crippen LogP contribution in [0.3, 0.4) is 0 Å². The average Bonchev–Trinajstić information content (AvgIpc) is 2.49. The number of aromatic nitrogens is 1. The van der Waals surface area contributed by atoms with Crippen molar-refractivity contribution in [2.75, 3.05) is 19.8 Å². The zero-order chi connectivity index (χ0) is 11.7. The van der Waals surface area contributed by atoms with Crippen LogP contribution in [0, 0.1) is 6.92 Å². The lowest BCUT2D eigenvalue weighted by molar-refractivity contribution is -0.0442. The van der Waals surface area contributed by atoms with Crippen LogP contribution in [0.15, 0.2) is 17.2 Å². The highest BCUT2D eigenvalue weighted by atomic mass is 32.2. The second-order valence-corrected chi connectivity index (χ2v) is 5.57. The van der Waals surface area contributed by atoms with Crippen molar-refractivity contribution in [1.82, 2.24) is 9.71 Å². The zero-order valence-electron chi connectivity index (χ0n) is 9.86.